The Morgan fingerprint density at radius 2 is 2.03 bits per heavy atom. The van der Waals surface area contributed by atoms with Crippen molar-refractivity contribution in [2.45, 2.75) is 26.4 Å². The molecule has 7 heteroatoms. The van der Waals surface area contributed by atoms with E-state index in [2.05, 4.69) is 15.3 Å². The third kappa shape index (κ3) is 4.50. The van der Waals surface area contributed by atoms with Crippen molar-refractivity contribution in [3.05, 3.63) is 66.4 Å². The van der Waals surface area contributed by atoms with Gasteiger partial charge in [-0.1, -0.05) is 13.0 Å². The average molecular weight is 417 g/mol. The largest absolute Gasteiger partial charge is 0.495 e. The maximum absolute atomic E-state index is 12.9. The van der Waals surface area contributed by atoms with Crippen LogP contribution in [0, 0.1) is 0 Å². The third-order valence-electron chi connectivity index (χ3n) is 4.87. The van der Waals surface area contributed by atoms with Crippen LogP contribution in [0.15, 0.2) is 65.2 Å². The summed E-state index contributed by atoms with van der Waals surface area (Å²) in [5.74, 6) is 1.32. The van der Waals surface area contributed by atoms with E-state index in [1.165, 1.54) is 0 Å². The molecule has 2 heterocycles. The number of benzene rings is 2. The molecule has 158 valence electrons. The SMILES string of the molecule is CC[C@@H](C)Oc1cccc(C(=O)Nc2cc(-c3nc4ncccc4o3)ccc2OC)c1. The number of oxazole rings is 1. The molecule has 31 heavy (non-hydrogen) atoms. The van der Waals surface area contributed by atoms with Crippen molar-refractivity contribution in [2.75, 3.05) is 12.4 Å². The maximum atomic E-state index is 12.9. The highest BCUT2D eigenvalue weighted by atomic mass is 16.5. The molecule has 2 aromatic heterocycles. The fourth-order valence-electron chi connectivity index (χ4n) is 3.05. The molecule has 0 saturated carbocycles. The highest BCUT2D eigenvalue weighted by Gasteiger charge is 2.15. The molecular weight excluding hydrogens is 394 g/mol. The van der Waals surface area contributed by atoms with Gasteiger partial charge >= 0.3 is 0 Å². The standard InChI is InChI=1S/C24H23N3O4/c1-4-15(2)30-18-8-5-7-16(13-18)23(28)26-19-14-17(10-11-20(19)29-3)24-27-22-21(31-24)9-6-12-25-22/h5-15H,4H2,1-3H3,(H,26,28)/t15-/m1/s1. The average Bonchev–Trinajstić information content (AvgIpc) is 3.23. The number of carbonyl (C=O) groups is 1. The molecule has 0 saturated heterocycles. The Labute approximate surface area is 180 Å². The number of hydrogen-bond acceptors (Lipinski definition) is 6. The summed E-state index contributed by atoms with van der Waals surface area (Å²) >= 11 is 0. The number of nitrogens with zero attached hydrogens (tertiary/aromatic N) is 2. The summed E-state index contributed by atoms with van der Waals surface area (Å²) in [6.07, 6.45) is 2.61. The van der Waals surface area contributed by atoms with Crippen LogP contribution >= 0.6 is 0 Å². The quantitative estimate of drug-likeness (QED) is 0.437. The number of anilines is 1. The van der Waals surface area contributed by atoms with E-state index in [0.717, 1.165) is 6.42 Å². The third-order valence-corrected chi connectivity index (χ3v) is 4.87. The van der Waals surface area contributed by atoms with Gasteiger partial charge in [0.15, 0.2) is 11.2 Å². The van der Waals surface area contributed by atoms with Gasteiger partial charge in [0.2, 0.25) is 5.89 Å². The summed E-state index contributed by atoms with van der Waals surface area (Å²) in [6.45, 7) is 4.04. The van der Waals surface area contributed by atoms with Crippen molar-refractivity contribution in [1.82, 2.24) is 9.97 Å². The molecule has 0 fully saturated rings. The molecule has 1 atom stereocenters. The summed E-state index contributed by atoms with van der Waals surface area (Å²) in [4.78, 5) is 21.5. The van der Waals surface area contributed by atoms with Gasteiger partial charge in [0.1, 0.15) is 11.5 Å². The van der Waals surface area contributed by atoms with Gasteiger partial charge in [0, 0.05) is 17.3 Å². The maximum Gasteiger partial charge on any atom is 0.255 e. The first-order valence-corrected chi connectivity index (χ1v) is 10.1. The Morgan fingerprint density at radius 1 is 1.16 bits per heavy atom. The minimum Gasteiger partial charge on any atom is -0.495 e. The fourth-order valence-corrected chi connectivity index (χ4v) is 3.05. The summed E-state index contributed by atoms with van der Waals surface area (Å²) in [6, 6.07) is 16.0. The number of hydrogen-bond donors (Lipinski definition) is 1. The topological polar surface area (TPSA) is 86.5 Å². The van der Waals surface area contributed by atoms with E-state index in [1.807, 2.05) is 26.0 Å². The molecule has 4 aromatic rings. The Balaban J connectivity index is 1.61. The molecule has 0 aliphatic heterocycles. The summed E-state index contributed by atoms with van der Waals surface area (Å²) in [7, 11) is 1.55. The Hall–Kier alpha value is -3.87. The second kappa shape index (κ2) is 8.87. The van der Waals surface area contributed by atoms with E-state index in [9.17, 15) is 4.79 Å². The number of carbonyl (C=O) groups excluding carboxylic acids is 1. The molecule has 4 rings (SSSR count). The molecular formula is C24H23N3O4. The van der Waals surface area contributed by atoms with Crippen molar-refractivity contribution >= 4 is 22.8 Å². The van der Waals surface area contributed by atoms with E-state index in [-0.39, 0.29) is 12.0 Å². The van der Waals surface area contributed by atoms with E-state index >= 15 is 0 Å². The lowest BCUT2D eigenvalue weighted by Gasteiger charge is -2.14. The monoisotopic (exact) mass is 417 g/mol. The number of aromatic nitrogens is 2. The lowest BCUT2D eigenvalue weighted by atomic mass is 10.1. The van der Waals surface area contributed by atoms with Gasteiger partial charge in [-0.2, -0.15) is 4.98 Å². The number of ether oxygens (including phenoxy) is 2. The zero-order valence-corrected chi connectivity index (χ0v) is 17.6. The minimum atomic E-state index is -0.274. The number of pyridine rings is 1. The van der Waals surface area contributed by atoms with Crippen molar-refractivity contribution < 1.29 is 18.7 Å². The van der Waals surface area contributed by atoms with Gasteiger partial charge in [0.05, 0.1) is 18.9 Å². The van der Waals surface area contributed by atoms with Gasteiger partial charge in [-0.05, 0) is 61.9 Å². The number of methoxy groups -OCH3 is 1. The predicted octanol–water partition coefficient (Wildman–Crippen LogP) is 5.33. The van der Waals surface area contributed by atoms with Gasteiger partial charge in [-0.3, -0.25) is 4.79 Å². The van der Waals surface area contributed by atoms with Gasteiger partial charge in [-0.15, -0.1) is 0 Å². The second-order valence-electron chi connectivity index (χ2n) is 7.08. The lowest BCUT2D eigenvalue weighted by molar-refractivity contribution is 0.102. The van der Waals surface area contributed by atoms with Crippen LogP contribution in [0.3, 0.4) is 0 Å². The first kappa shape index (κ1) is 20.4. The summed E-state index contributed by atoms with van der Waals surface area (Å²) < 4.78 is 17.0. The Morgan fingerprint density at radius 3 is 2.81 bits per heavy atom. The lowest BCUT2D eigenvalue weighted by Crippen LogP contribution is -2.14. The number of nitrogens with one attached hydrogen (secondary N) is 1. The van der Waals surface area contributed by atoms with E-state index in [0.29, 0.717) is 45.4 Å². The van der Waals surface area contributed by atoms with Gasteiger partial charge in [-0.25, -0.2) is 4.98 Å². The van der Waals surface area contributed by atoms with Crippen molar-refractivity contribution in [3.63, 3.8) is 0 Å². The van der Waals surface area contributed by atoms with Gasteiger partial charge in [0.25, 0.3) is 5.91 Å². The van der Waals surface area contributed by atoms with Crippen LogP contribution in [-0.2, 0) is 0 Å². The molecule has 7 nitrogen and oxygen atoms in total. The van der Waals surface area contributed by atoms with Crippen molar-refractivity contribution in [2.24, 2.45) is 0 Å². The number of fused-ring (bicyclic) bond motifs is 1. The van der Waals surface area contributed by atoms with Crippen LogP contribution in [-0.4, -0.2) is 29.1 Å². The molecule has 2 aromatic carbocycles. The highest BCUT2D eigenvalue weighted by molar-refractivity contribution is 6.05. The zero-order chi connectivity index (χ0) is 21.8. The smallest absolute Gasteiger partial charge is 0.255 e. The molecule has 0 bridgehead atoms. The molecule has 0 unspecified atom stereocenters. The van der Waals surface area contributed by atoms with Gasteiger partial charge < -0.3 is 19.2 Å². The minimum absolute atomic E-state index is 0.0703. The van der Waals surface area contributed by atoms with Crippen molar-refractivity contribution in [1.29, 1.82) is 0 Å². The summed E-state index contributed by atoms with van der Waals surface area (Å²) in [5, 5.41) is 2.91. The van der Waals surface area contributed by atoms with Crippen LogP contribution < -0.4 is 14.8 Å². The van der Waals surface area contributed by atoms with Crippen LogP contribution in [0.5, 0.6) is 11.5 Å². The summed E-state index contributed by atoms with van der Waals surface area (Å²) in [5.41, 5.74) is 2.81. The Bertz CT molecular complexity index is 1190. The van der Waals surface area contributed by atoms with Crippen LogP contribution in [0.25, 0.3) is 22.7 Å². The zero-order valence-electron chi connectivity index (χ0n) is 17.6. The molecule has 1 amide bonds. The number of amides is 1. The molecule has 1 N–H and O–H groups in total. The van der Waals surface area contributed by atoms with Crippen LogP contribution in [0.1, 0.15) is 30.6 Å². The first-order chi connectivity index (χ1) is 15.1. The molecule has 0 aliphatic carbocycles. The van der Waals surface area contributed by atoms with E-state index in [4.69, 9.17) is 13.9 Å². The molecule has 0 spiro atoms. The highest BCUT2D eigenvalue weighted by Crippen LogP contribution is 2.32. The Kier molecular flexibility index (Phi) is 5.84. The normalized spacial score (nSPS) is 11.8. The molecule has 0 radical (unpaired) electrons. The first-order valence-electron chi connectivity index (χ1n) is 10.1. The fraction of sp³-hybridized carbons (Fsp3) is 0.208. The van der Waals surface area contributed by atoms with Crippen LogP contribution in [0.4, 0.5) is 5.69 Å². The molecule has 0 aliphatic rings. The van der Waals surface area contributed by atoms with Crippen LogP contribution in [0.2, 0.25) is 0 Å². The number of rotatable bonds is 7. The second-order valence-corrected chi connectivity index (χ2v) is 7.08. The predicted molar refractivity (Wildman–Crippen MR) is 119 cm³/mol. The van der Waals surface area contributed by atoms with E-state index in [1.54, 1.807) is 55.8 Å². The van der Waals surface area contributed by atoms with Crippen molar-refractivity contribution in [3.8, 4) is 23.0 Å². The van der Waals surface area contributed by atoms with E-state index < -0.39 is 0 Å².